The van der Waals surface area contributed by atoms with E-state index in [4.69, 9.17) is 0 Å². The Bertz CT molecular complexity index is 553. The number of aromatic carboxylic acids is 1. The summed E-state index contributed by atoms with van der Waals surface area (Å²) in [6.45, 7) is 15.7. The Morgan fingerprint density at radius 2 is 1.14 bits per heavy atom. The summed E-state index contributed by atoms with van der Waals surface area (Å²) in [4.78, 5) is 20.5. The number of carbonyl (C=O) groups is 2. The number of carbonyl (C=O) groups excluding carboxylic acids is 2. The number of rotatable bonds is 15. The van der Waals surface area contributed by atoms with Crippen LogP contribution < -0.4 is 10.2 Å². The van der Waals surface area contributed by atoms with Crippen molar-refractivity contribution in [3.8, 4) is 0 Å². The summed E-state index contributed by atoms with van der Waals surface area (Å²) in [7, 11) is 0. The first-order chi connectivity index (χ1) is 16.3. The minimum Gasteiger partial charge on any atom is -0.550 e. The van der Waals surface area contributed by atoms with Gasteiger partial charge in [0.2, 0.25) is 0 Å². The van der Waals surface area contributed by atoms with Crippen LogP contribution in [0.25, 0.3) is 0 Å². The Kier molecular flexibility index (Phi) is 41.2. The Balaban J connectivity index is -0.000000210. The van der Waals surface area contributed by atoms with Crippen molar-refractivity contribution in [1.82, 2.24) is 0 Å². The molecular formula is C30H52O4Sn. The largest absolute Gasteiger partial charge is 2.00 e. The van der Waals surface area contributed by atoms with Crippen molar-refractivity contribution in [2.75, 3.05) is 0 Å². The third-order valence-electron chi connectivity index (χ3n) is 5.01. The molecule has 0 unspecified atom stereocenters. The number of aryl methyl sites for hydroxylation is 1. The molecule has 0 atom stereocenters. The molecule has 5 heteroatoms. The Labute approximate surface area is 234 Å². The van der Waals surface area contributed by atoms with E-state index in [9.17, 15) is 19.8 Å². The first-order valence-corrected chi connectivity index (χ1v) is 13.4. The molecule has 0 amide bonds. The summed E-state index contributed by atoms with van der Waals surface area (Å²) in [6.07, 6.45) is 18.0. The van der Waals surface area contributed by atoms with Crippen LogP contribution in [-0.2, 0) is 11.2 Å². The zero-order chi connectivity index (χ0) is 26.5. The Morgan fingerprint density at radius 1 is 0.714 bits per heavy atom. The van der Waals surface area contributed by atoms with Crippen molar-refractivity contribution in [3.63, 3.8) is 0 Å². The second kappa shape index (κ2) is 35.1. The van der Waals surface area contributed by atoms with Crippen molar-refractivity contribution in [2.45, 2.75) is 130 Å². The minimum atomic E-state index is -1.11. The number of aliphatic carboxylic acids is 1. The molecule has 0 heterocycles. The van der Waals surface area contributed by atoms with Crippen LogP contribution in [0.5, 0.6) is 0 Å². The second-order valence-corrected chi connectivity index (χ2v) is 8.35. The summed E-state index contributed by atoms with van der Waals surface area (Å²) < 4.78 is 0. The molecular weight excluding hydrogens is 543 g/mol. The summed E-state index contributed by atoms with van der Waals surface area (Å²) in [6, 6.07) is 6.79. The number of carboxylic acids is 2. The van der Waals surface area contributed by atoms with Crippen molar-refractivity contribution in [1.29, 1.82) is 0 Å². The van der Waals surface area contributed by atoms with E-state index in [2.05, 4.69) is 34.6 Å². The summed E-state index contributed by atoms with van der Waals surface area (Å²) in [5.41, 5.74) is 1.27. The second-order valence-electron chi connectivity index (χ2n) is 8.35. The molecule has 0 aliphatic heterocycles. The maximum atomic E-state index is 10.4. The Hall–Kier alpha value is -1.04. The molecule has 0 N–H and O–H groups in total. The quantitative estimate of drug-likeness (QED) is 0.171. The van der Waals surface area contributed by atoms with Crippen LogP contribution in [0.2, 0.25) is 0 Å². The summed E-state index contributed by atoms with van der Waals surface area (Å²) >= 11 is 0. The van der Waals surface area contributed by atoms with Crippen LogP contribution in [0.1, 0.15) is 140 Å². The van der Waals surface area contributed by atoms with E-state index in [1.54, 1.807) is 12.1 Å². The molecule has 0 aliphatic rings. The van der Waals surface area contributed by atoms with E-state index in [0.717, 1.165) is 37.7 Å². The van der Waals surface area contributed by atoms with Crippen LogP contribution in [0.3, 0.4) is 0 Å². The molecule has 200 valence electrons. The maximum Gasteiger partial charge on any atom is 2.00 e. The first kappa shape index (κ1) is 41.1. The molecule has 1 aromatic carbocycles. The van der Waals surface area contributed by atoms with Gasteiger partial charge in [-0.05, 0) is 36.5 Å². The van der Waals surface area contributed by atoms with E-state index >= 15 is 0 Å². The molecule has 0 fully saturated rings. The fraction of sp³-hybridized carbons (Fsp3) is 0.667. The molecule has 0 saturated heterocycles. The van der Waals surface area contributed by atoms with Crippen LogP contribution in [0, 0.1) is 13.8 Å². The van der Waals surface area contributed by atoms with E-state index in [-0.39, 0.29) is 35.9 Å². The van der Waals surface area contributed by atoms with Gasteiger partial charge in [0.1, 0.15) is 0 Å². The molecule has 1 aromatic rings. The van der Waals surface area contributed by atoms with Gasteiger partial charge in [-0.3, -0.25) is 0 Å². The van der Waals surface area contributed by atoms with Crippen molar-refractivity contribution >= 4 is 35.8 Å². The van der Waals surface area contributed by atoms with Gasteiger partial charge < -0.3 is 19.8 Å². The van der Waals surface area contributed by atoms with Crippen LogP contribution in [0.4, 0.5) is 0 Å². The van der Waals surface area contributed by atoms with Gasteiger partial charge in [0.25, 0.3) is 0 Å². The summed E-state index contributed by atoms with van der Waals surface area (Å²) in [5, 5.41) is 20.5. The zero-order valence-corrected chi connectivity index (χ0v) is 26.0. The van der Waals surface area contributed by atoms with Crippen LogP contribution in [0.15, 0.2) is 24.3 Å². The molecule has 0 bridgehead atoms. The topological polar surface area (TPSA) is 80.3 Å². The van der Waals surface area contributed by atoms with Gasteiger partial charge >= 0.3 is 23.9 Å². The molecule has 0 saturated carbocycles. The Morgan fingerprint density at radius 3 is 1.49 bits per heavy atom. The van der Waals surface area contributed by atoms with Crippen LogP contribution >= 0.6 is 0 Å². The maximum absolute atomic E-state index is 10.4. The number of hydrogen-bond acceptors (Lipinski definition) is 4. The van der Waals surface area contributed by atoms with Crippen molar-refractivity contribution < 1.29 is 19.8 Å². The predicted molar refractivity (Wildman–Crippen MR) is 148 cm³/mol. The predicted octanol–water partition coefficient (Wildman–Crippen LogP) is 6.52. The standard InChI is InChI=1S/C13H26O2.C9H10O2.2C4H9.Sn/c1-2-3-4-5-6-7-8-9-10-11-12-13(14)15;1-2-7-4-3-5-8(6-7)9(10)11;2*1-3-4-2;/h2-12H2,1H3,(H,14,15);3-6H,2H2,1H3,(H,10,11);2*1,3-4H2,2H3;/q;;;;+2/p-2. The molecule has 35 heavy (non-hydrogen) atoms. The smallest absolute Gasteiger partial charge is 0.550 e. The number of unbranched alkanes of at least 4 members (excludes halogenated alkanes) is 11. The van der Waals surface area contributed by atoms with Crippen molar-refractivity contribution in [3.05, 3.63) is 49.2 Å². The molecule has 4 nitrogen and oxygen atoms in total. The number of hydrogen-bond donors (Lipinski definition) is 0. The van der Waals surface area contributed by atoms with E-state index in [1.807, 2.05) is 13.0 Å². The SMILES string of the molecule is CCCCCCCCCCCCC(=O)[O-].CCc1cccc(C(=O)[O-])c1.[CH2]CCC.[CH2]CCC.[Sn+2]. The third kappa shape index (κ3) is 37.7. The summed E-state index contributed by atoms with van der Waals surface area (Å²) in [5.74, 6) is -2.02. The molecule has 0 aromatic heterocycles. The molecule has 4 radical (unpaired) electrons. The van der Waals surface area contributed by atoms with E-state index in [1.165, 1.54) is 70.3 Å². The van der Waals surface area contributed by atoms with E-state index in [0.29, 0.717) is 0 Å². The third-order valence-corrected chi connectivity index (χ3v) is 5.01. The van der Waals surface area contributed by atoms with Gasteiger partial charge in [-0.2, -0.15) is 0 Å². The first-order valence-electron chi connectivity index (χ1n) is 13.4. The molecule has 0 spiro atoms. The van der Waals surface area contributed by atoms with Crippen molar-refractivity contribution in [2.24, 2.45) is 0 Å². The fourth-order valence-electron chi connectivity index (χ4n) is 2.67. The monoisotopic (exact) mass is 596 g/mol. The number of carboxylic acid groups (broad SMARTS) is 2. The van der Waals surface area contributed by atoms with Gasteiger partial charge in [0.05, 0.1) is 5.97 Å². The fourth-order valence-corrected chi connectivity index (χ4v) is 2.67. The minimum absolute atomic E-state index is 0. The van der Waals surface area contributed by atoms with Gasteiger partial charge in [0, 0.05) is 5.97 Å². The average Bonchev–Trinajstić information content (AvgIpc) is 2.85. The normalized spacial score (nSPS) is 9.20. The van der Waals surface area contributed by atoms with Gasteiger partial charge in [-0.1, -0.05) is 143 Å². The van der Waals surface area contributed by atoms with Crippen LogP contribution in [-0.4, -0.2) is 35.8 Å². The van der Waals surface area contributed by atoms with E-state index < -0.39 is 11.9 Å². The average molecular weight is 595 g/mol. The van der Waals surface area contributed by atoms with Gasteiger partial charge in [0.15, 0.2) is 0 Å². The zero-order valence-electron chi connectivity index (χ0n) is 23.2. The molecule has 1 rings (SSSR count). The van der Waals surface area contributed by atoms with Gasteiger partial charge in [-0.15, -0.1) is 0 Å². The molecule has 0 aliphatic carbocycles. The van der Waals surface area contributed by atoms with Gasteiger partial charge in [-0.25, -0.2) is 0 Å². The number of benzene rings is 1.